The van der Waals surface area contributed by atoms with Crippen molar-refractivity contribution in [2.45, 2.75) is 56.7 Å². The lowest BCUT2D eigenvalue weighted by molar-refractivity contribution is -0.147. The van der Waals surface area contributed by atoms with Gasteiger partial charge in [0, 0.05) is 6.42 Å². The number of carbonyl (C=O) groups excluding carboxylic acids is 4. The van der Waals surface area contributed by atoms with Gasteiger partial charge in [0.25, 0.3) is 0 Å². The van der Waals surface area contributed by atoms with Gasteiger partial charge in [0.05, 0.1) is 13.0 Å². The van der Waals surface area contributed by atoms with E-state index in [1.807, 2.05) is 5.32 Å². The summed E-state index contributed by atoms with van der Waals surface area (Å²) >= 11 is 0. The van der Waals surface area contributed by atoms with Gasteiger partial charge in [-0.05, 0) is 32.2 Å². The number of primary amides is 1. The van der Waals surface area contributed by atoms with Crippen LogP contribution in [-0.2, 0) is 28.8 Å². The molecule has 0 radical (unpaired) electrons. The number of hydrogen-bond acceptors (Lipinski definition) is 8. The zero-order chi connectivity index (χ0) is 24.0. The van der Waals surface area contributed by atoms with Crippen molar-refractivity contribution in [3.05, 3.63) is 0 Å². The predicted molar refractivity (Wildman–Crippen MR) is 106 cm³/mol. The van der Waals surface area contributed by atoms with E-state index in [0.717, 1.165) is 0 Å². The molecule has 11 N–H and O–H groups in total. The van der Waals surface area contributed by atoms with E-state index in [1.54, 1.807) is 0 Å². The quantitative estimate of drug-likeness (QED) is 0.108. The van der Waals surface area contributed by atoms with E-state index in [9.17, 15) is 28.8 Å². The average Bonchev–Trinajstić information content (AvgIpc) is 2.68. The van der Waals surface area contributed by atoms with Gasteiger partial charge in [-0.25, -0.2) is 4.79 Å². The molecule has 0 aliphatic heterocycles. The molecule has 0 fully saturated rings. The Balaban J connectivity index is 5.41. The van der Waals surface area contributed by atoms with Crippen molar-refractivity contribution in [3.8, 4) is 0 Å². The molecule has 0 aliphatic carbocycles. The summed E-state index contributed by atoms with van der Waals surface area (Å²) in [6, 6.07) is -4.21. The molecule has 0 spiro atoms. The van der Waals surface area contributed by atoms with Crippen LogP contribution in [0.5, 0.6) is 0 Å². The summed E-state index contributed by atoms with van der Waals surface area (Å²) in [5, 5.41) is 24.6. The summed E-state index contributed by atoms with van der Waals surface area (Å²) in [6.45, 7) is -0.00922. The van der Waals surface area contributed by atoms with Crippen molar-refractivity contribution in [2.75, 3.05) is 13.1 Å². The Hall–Kier alpha value is -3.26. The molecule has 176 valence electrons. The molecule has 0 aromatic carbocycles. The summed E-state index contributed by atoms with van der Waals surface area (Å²) in [6.07, 6.45) is -0.239. The minimum Gasteiger partial charge on any atom is -0.481 e. The van der Waals surface area contributed by atoms with Crippen LogP contribution in [0.1, 0.15) is 38.5 Å². The van der Waals surface area contributed by atoms with E-state index in [2.05, 4.69) is 10.6 Å². The monoisotopic (exact) mass is 446 g/mol. The first-order chi connectivity index (χ1) is 14.5. The summed E-state index contributed by atoms with van der Waals surface area (Å²) in [4.78, 5) is 69.8. The van der Waals surface area contributed by atoms with Crippen molar-refractivity contribution < 1.29 is 39.0 Å². The predicted octanol–water partition coefficient (Wildman–Crippen LogP) is -3.65. The van der Waals surface area contributed by atoms with Crippen LogP contribution in [0.25, 0.3) is 0 Å². The van der Waals surface area contributed by atoms with Gasteiger partial charge >= 0.3 is 11.9 Å². The summed E-state index contributed by atoms with van der Waals surface area (Å²) in [7, 11) is 0. The highest BCUT2D eigenvalue weighted by molar-refractivity contribution is 5.94. The Morgan fingerprint density at radius 1 is 0.774 bits per heavy atom. The summed E-state index contributed by atoms with van der Waals surface area (Å²) in [5.41, 5.74) is 15.7. The Labute approximate surface area is 178 Å². The number of aliphatic carboxylic acids is 2. The molecule has 0 saturated heterocycles. The van der Waals surface area contributed by atoms with Crippen LogP contribution in [0.4, 0.5) is 0 Å². The number of amides is 4. The summed E-state index contributed by atoms with van der Waals surface area (Å²) < 4.78 is 0. The maximum Gasteiger partial charge on any atom is 0.326 e. The van der Waals surface area contributed by atoms with E-state index < -0.39 is 60.1 Å². The molecule has 0 aromatic heterocycles. The van der Waals surface area contributed by atoms with Crippen LogP contribution in [0.3, 0.4) is 0 Å². The van der Waals surface area contributed by atoms with Crippen molar-refractivity contribution in [2.24, 2.45) is 17.2 Å². The van der Waals surface area contributed by atoms with Crippen molar-refractivity contribution in [3.63, 3.8) is 0 Å². The van der Waals surface area contributed by atoms with Crippen molar-refractivity contribution >= 4 is 35.6 Å². The fourth-order valence-electron chi connectivity index (χ4n) is 2.49. The van der Waals surface area contributed by atoms with Crippen LogP contribution < -0.4 is 33.2 Å². The lowest BCUT2D eigenvalue weighted by atomic mass is 10.1. The SMILES string of the molecule is NCCCCC(NC(=O)CN)C(=O)NC(CCC(N)=O)C(=O)NC(CC(=O)O)C(=O)O. The van der Waals surface area contributed by atoms with E-state index >= 15 is 0 Å². The fraction of sp³-hybridized carbons (Fsp3) is 0.647. The Bertz CT molecular complexity index is 671. The third kappa shape index (κ3) is 12.1. The second-order valence-electron chi connectivity index (χ2n) is 6.67. The van der Waals surface area contributed by atoms with Gasteiger partial charge in [0.15, 0.2) is 0 Å². The summed E-state index contributed by atoms with van der Waals surface area (Å²) in [5.74, 6) is -6.23. The topological polar surface area (TPSA) is 257 Å². The van der Waals surface area contributed by atoms with Gasteiger partial charge in [-0.15, -0.1) is 0 Å². The number of nitrogens with one attached hydrogen (secondary N) is 3. The second kappa shape index (κ2) is 14.7. The van der Waals surface area contributed by atoms with Crippen LogP contribution >= 0.6 is 0 Å². The Kier molecular flexibility index (Phi) is 13.1. The zero-order valence-corrected chi connectivity index (χ0v) is 17.0. The van der Waals surface area contributed by atoms with Crippen LogP contribution in [-0.4, -0.2) is 77.0 Å². The molecule has 0 saturated carbocycles. The van der Waals surface area contributed by atoms with Gasteiger partial charge in [0.1, 0.15) is 18.1 Å². The first-order valence-corrected chi connectivity index (χ1v) is 9.54. The lowest BCUT2D eigenvalue weighted by Crippen LogP contribution is -2.56. The molecule has 0 aromatic rings. The normalized spacial score (nSPS) is 13.4. The Morgan fingerprint density at radius 3 is 1.77 bits per heavy atom. The molecule has 3 atom stereocenters. The van der Waals surface area contributed by atoms with E-state index in [-0.39, 0.29) is 25.8 Å². The zero-order valence-electron chi connectivity index (χ0n) is 17.0. The van der Waals surface area contributed by atoms with E-state index in [4.69, 9.17) is 27.4 Å². The fourth-order valence-corrected chi connectivity index (χ4v) is 2.49. The first-order valence-electron chi connectivity index (χ1n) is 9.54. The van der Waals surface area contributed by atoms with Crippen LogP contribution in [0.15, 0.2) is 0 Å². The number of carbonyl (C=O) groups is 6. The van der Waals surface area contributed by atoms with Gasteiger partial charge in [-0.1, -0.05) is 0 Å². The highest BCUT2D eigenvalue weighted by Gasteiger charge is 2.30. The van der Waals surface area contributed by atoms with Crippen molar-refractivity contribution in [1.29, 1.82) is 0 Å². The van der Waals surface area contributed by atoms with Gasteiger partial charge in [-0.3, -0.25) is 24.0 Å². The van der Waals surface area contributed by atoms with E-state index in [0.29, 0.717) is 19.4 Å². The minimum absolute atomic E-state index is 0.190. The highest BCUT2D eigenvalue weighted by atomic mass is 16.4. The third-order valence-corrected chi connectivity index (χ3v) is 4.09. The number of nitrogens with two attached hydrogens (primary N) is 3. The molecule has 14 heteroatoms. The number of rotatable bonds is 16. The number of unbranched alkanes of at least 4 members (excludes halogenated alkanes) is 1. The van der Waals surface area contributed by atoms with Crippen molar-refractivity contribution in [1.82, 2.24) is 16.0 Å². The van der Waals surface area contributed by atoms with Crippen LogP contribution in [0.2, 0.25) is 0 Å². The molecule has 0 aliphatic rings. The van der Waals surface area contributed by atoms with E-state index in [1.165, 1.54) is 0 Å². The maximum atomic E-state index is 12.6. The van der Waals surface area contributed by atoms with Crippen LogP contribution in [0, 0.1) is 0 Å². The molecule has 3 unspecified atom stereocenters. The average molecular weight is 446 g/mol. The molecule has 0 bridgehead atoms. The first kappa shape index (κ1) is 27.7. The number of hydrogen-bond donors (Lipinski definition) is 8. The molecular formula is C17H30N6O8. The highest BCUT2D eigenvalue weighted by Crippen LogP contribution is 2.05. The third-order valence-electron chi connectivity index (χ3n) is 4.09. The standard InChI is InChI=1S/C17H30N6O8/c18-6-2-1-3-9(21-13(25)8-19)15(28)22-10(4-5-12(20)24)16(29)23-11(17(30)31)7-14(26)27/h9-11H,1-8,18-19H2,(H2,20,24)(H,21,25)(H,22,28)(H,23,29)(H,26,27)(H,30,31). The van der Waals surface area contributed by atoms with Gasteiger partial charge < -0.3 is 43.4 Å². The largest absolute Gasteiger partial charge is 0.481 e. The molecule has 0 rings (SSSR count). The molecular weight excluding hydrogens is 416 g/mol. The molecule has 14 nitrogen and oxygen atoms in total. The number of carboxylic acids is 2. The molecule has 4 amide bonds. The van der Waals surface area contributed by atoms with Gasteiger partial charge in [-0.2, -0.15) is 0 Å². The lowest BCUT2D eigenvalue weighted by Gasteiger charge is -2.24. The number of carboxylic acid groups (broad SMARTS) is 2. The minimum atomic E-state index is -1.75. The Morgan fingerprint density at radius 2 is 1.32 bits per heavy atom. The molecule has 0 heterocycles. The smallest absolute Gasteiger partial charge is 0.326 e. The maximum absolute atomic E-state index is 12.6. The van der Waals surface area contributed by atoms with Gasteiger partial charge in [0.2, 0.25) is 23.6 Å². The second-order valence-corrected chi connectivity index (χ2v) is 6.67. The molecule has 31 heavy (non-hydrogen) atoms.